The van der Waals surface area contributed by atoms with Gasteiger partial charge in [0, 0.05) is 6.54 Å². The molecule has 1 aromatic carbocycles. The quantitative estimate of drug-likeness (QED) is 0.857. The van der Waals surface area contributed by atoms with Gasteiger partial charge < -0.3 is 15.2 Å². The summed E-state index contributed by atoms with van der Waals surface area (Å²) < 4.78 is 5.16. The van der Waals surface area contributed by atoms with Crippen LogP contribution in [0.1, 0.15) is 31.7 Å². The molecule has 0 aliphatic carbocycles. The second-order valence-electron chi connectivity index (χ2n) is 5.51. The highest BCUT2D eigenvalue weighted by Gasteiger charge is 2.37. The van der Waals surface area contributed by atoms with E-state index in [0.717, 1.165) is 44.5 Å². The van der Waals surface area contributed by atoms with Crippen LogP contribution < -0.4 is 10.1 Å². The molecule has 2 rings (SSSR count). The molecule has 1 saturated heterocycles. The summed E-state index contributed by atoms with van der Waals surface area (Å²) >= 11 is 0. The Morgan fingerprint density at radius 2 is 2.11 bits per heavy atom. The molecule has 0 aromatic heterocycles. The molecule has 0 saturated carbocycles. The number of benzene rings is 1. The zero-order valence-electron chi connectivity index (χ0n) is 12.0. The molecule has 1 heterocycles. The average molecular weight is 263 g/mol. The Balaban J connectivity index is 1.95. The number of methoxy groups -OCH3 is 1. The van der Waals surface area contributed by atoms with E-state index >= 15 is 0 Å². The molecule has 1 aliphatic heterocycles. The minimum atomic E-state index is -0.500. The minimum absolute atomic E-state index is 0.375. The van der Waals surface area contributed by atoms with E-state index in [2.05, 4.69) is 24.4 Å². The van der Waals surface area contributed by atoms with Crippen LogP contribution in [0.3, 0.4) is 0 Å². The van der Waals surface area contributed by atoms with Gasteiger partial charge >= 0.3 is 0 Å². The van der Waals surface area contributed by atoms with Crippen molar-refractivity contribution in [2.75, 3.05) is 20.2 Å². The Kier molecular flexibility index (Phi) is 4.83. The molecule has 0 radical (unpaired) electrons. The maximum absolute atomic E-state index is 10.8. The number of aliphatic hydroxyl groups is 1. The van der Waals surface area contributed by atoms with Crippen LogP contribution in [0, 0.1) is 5.92 Å². The molecule has 2 N–H and O–H groups in total. The number of piperidine rings is 1. The molecular weight excluding hydrogens is 238 g/mol. The molecule has 2 unspecified atom stereocenters. The van der Waals surface area contributed by atoms with Crippen molar-refractivity contribution >= 4 is 0 Å². The van der Waals surface area contributed by atoms with Crippen LogP contribution in [0.2, 0.25) is 0 Å². The second kappa shape index (κ2) is 6.40. The van der Waals surface area contributed by atoms with Gasteiger partial charge in [-0.05, 0) is 55.8 Å². The molecule has 19 heavy (non-hydrogen) atoms. The minimum Gasteiger partial charge on any atom is -0.497 e. The third-order valence-electron chi connectivity index (χ3n) is 4.38. The fraction of sp³-hybridized carbons (Fsp3) is 0.625. The summed E-state index contributed by atoms with van der Waals surface area (Å²) in [5.41, 5.74) is 0.766. The van der Waals surface area contributed by atoms with Crippen molar-refractivity contribution in [2.45, 2.75) is 38.2 Å². The van der Waals surface area contributed by atoms with E-state index in [4.69, 9.17) is 4.74 Å². The van der Waals surface area contributed by atoms with Crippen LogP contribution in [0.25, 0.3) is 0 Å². The Labute approximate surface area is 116 Å². The molecule has 2 atom stereocenters. The van der Waals surface area contributed by atoms with E-state index < -0.39 is 5.60 Å². The molecule has 3 heteroatoms. The monoisotopic (exact) mass is 263 g/mol. The number of nitrogens with one attached hydrogen (secondary N) is 1. The first-order valence-electron chi connectivity index (χ1n) is 7.24. The first-order chi connectivity index (χ1) is 9.18. The largest absolute Gasteiger partial charge is 0.497 e. The molecule has 0 amide bonds. The summed E-state index contributed by atoms with van der Waals surface area (Å²) in [6, 6.07) is 8.15. The van der Waals surface area contributed by atoms with E-state index in [1.807, 2.05) is 12.1 Å². The van der Waals surface area contributed by atoms with Gasteiger partial charge in [-0.1, -0.05) is 19.1 Å². The van der Waals surface area contributed by atoms with Gasteiger partial charge in [-0.2, -0.15) is 0 Å². The van der Waals surface area contributed by atoms with E-state index in [1.165, 1.54) is 5.56 Å². The maximum Gasteiger partial charge on any atom is 0.118 e. The smallest absolute Gasteiger partial charge is 0.118 e. The third kappa shape index (κ3) is 3.48. The second-order valence-corrected chi connectivity index (χ2v) is 5.51. The molecule has 1 aromatic rings. The predicted octanol–water partition coefficient (Wildman–Crippen LogP) is 2.38. The van der Waals surface area contributed by atoms with Crippen molar-refractivity contribution in [2.24, 2.45) is 5.92 Å². The Bertz CT molecular complexity index is 390. The van der Waals surface area contributed by atoms with Crippen LogP contribution in [-0.4, -0.2) is 30.9 Å². The zero-order valence-corrected chi connectivity index (χ0v) is 12.0. The van der Waals surface area contributed by atoms with E-state index in [1.54, 1.807) is 7.11 Å². The summed E-state index contributed by atoms with van der Waals surface area (Å²) in [7, 11) is 1.68. The molecular formula is C16H25NO2. The summed E-state index contributed by atoms with van der Waals surface area (Å²) in [6.45, 7) is 4.03. The number of aryl methyl sites for hydroxylation is 1. The lowest BCUT2D eigenvalue weighted by molar-refractivity contribution is -0.0483. The van der Waals surface area contributed by atoms with Crippen LogP contribution in [0.4, 0.5) is 0 Å². The van der Waals surface area contributed by atoms with E-state index in [-0.39, 0.29) is 0 Å². The number of hydrogen-bond donors (Lipinski definition) is 2. The van der Waals surface area contributed by atoms with Crippen LogP contribution in [0.15, 0.2) is 24.3 Å². The summed E-state index contributed by atoms with van der Waals surface area (Å²) in [5, 5.41) is 14.2. The fourth-order valence-electron chi connectivity index (χ4n) is 2.98. The molecule has 3 nitrogen and oxygen atoms in total. The molecule has 106 valence electrons. The lowest BCUT2D eigenvalue weighted by Crippen LogP contribution is -2.50. The fourth-order valence-corrected chi connectivity index (χ4v) is 2.98. The van der Waals surface area contributed by atoms with Gasteiger partial charge in [0.1, 0.15) is 5.75 Å². The van der Waals surface area contributed by atoms with E-state index in [9.17, 15) is 5.11 Å². The maximum atomic E-state index is 10.8. The van der Waals surface area contributed by atoms with Crippen molar-refractivity contribution in [1.82, 2.24) is 5.32 Å². The Morgan fingerprint density at radius 1 is 1.37 bits per heavy atom. The van der Waals surface area contributed by atoms with Crippen molar-refractivity contribution in [3.63, 3.8) is 0 Å². The zero-order chi connectivity index (χ0) is 13.7. The van der Waals surface area contributed by atoms with Crippen LogP contribution in [0.5, 0.6) is 5.75 Å². The molecule has 0 spiro atoms. The van der Waals surface area contributed by atoms with Gasteiger partial charge in [0.2, 0.25) is 0 Å². The Morgan fingerprint density at radius 3 is 2.74 bits per heavy atom. The van der Waals surface area contributed by atoms with E-state index in [0.29, 0.717) is 5.92 Å². The molecule has 1 aliphatic rings. The summed E-state index contributed by atoms with van der Waals surface area (Å²) in [5.74, 6) is 1.26. The first kappa shape index (κ1) is 14.4. The summed E-state index contributed by atoms with van der Waals surface area (Å²) in [6.07, 6.45) is 3.67. The predicted molar refractivity (Wildman–Crippen MR) is 77.5 cm³/mol. The van der Waals surface area contributed by atoms with Gasteiger partial charge in [-0.15, -0.1) is 0 Å². The van der Waals surface area contributed by atoms with Gasteiger partial charge in [0.05, 0.1) is 12.7 Å². The van der Waals surface area contributed by atoms with Gasteiger partial charge in [0.15, 0.2) is 0 Å². The third-order valence-corrected chi connectivity index (χ3v) is 4.38. The topological polar surface area (TPSA) is 41.5 Å². The van der Waals surface area contributed by atoms with Crippen molar-refractivity contribution in [1.29, 1.82) is 0 Å². The first-order valence-corrected chi connectivity index (χ1v) is 7.24. The number of ether oxygens (including phenoxy) is 1. The standard InChI is InChI=1S/C16H25NO2/c1-3-14-12-17-11-10-16(14,18)9-8-13-4-6-15(19-2)7-5-13/h4-7,14,17-18H,3,8-12H2,1-2H3. The van der Waals surface area contributed by atoms with Crippen molar-refractivity contribution in [3.8, 4) is 5.75 Å². The lowest BCUT2D eigenvalue weighted by Gasteiger charge is -2.40. The molecule has 1 fully saturated rings. The molecule has 0 bridgehead atoms. The van der Waals surface area contributed by atoms with Gasteiger partial charge in [0.25, 0.3) is 0 Å². The average Bonchev–Trinajstić information content (AvgIpc) is 2.46. The van der Waals surface area contributed by atoms with Crippen LogP contribution in [-0.2, 0) is 6.42 Å². The Hall–Kier alpha value is -1.06. The number of rotatable bonds is 5. The van der Waals surface area contributed by atoms with Crippen molar-refractivity contribution < 1.29 is 9.84 Å². The highest BCUT2D eigenvalue weighted by atomic mass is 16.5. The van der Waals surface area contributed by atoms with Crippen molar-refractivity contribution in [3.05, 3.63) is 29.8 Å². The number of hydrogen-bond acceptors (Lipinski definition) is 3. The van der Waals surface area contributed by atoms with Crippen LogP contribution >= 0.6 is 0 Å². The highest BCUT2D eigenvalue weighted by molar-refractivity contribution is 5.27. The highest BCUT2D eigenvalue weighted by Crippen LogP contribution is 2.31. The van der Waals surface area contributed by atoms with Gasteiger partial charge in [-0.3, -0.25) is 0 Å². The normalized spacial score (nSPS) is 27.2. The van der Waals surface area contributed by atoms with Gasteiger partial charge in [-0.25, -0.2) is 0 Å². The lowest BCUT2D eigenvalue weighted by atomic mass is 9.76. The SMILES string of the molecule is CCC1CNCCC1(O)CCc1ccc(OC)cc1. The summed E-state index contributed by atoms with van der Waals surface area (Å²) in [4.78, 5) is 0.